The summed E-state index contributed by atoms with van der Waals surface area (Å²) in [5.41, 5.74) is 2.27. The zero-order chi connectivity index (χ0) is 20.6. The molecule has 2 heterocycles. The molecule has 154 valence electrons. The van der Waals surface area contributed by atoms with Gasteiger partial charge in [0, 0.05) is 39.3 Å². The lowest BCUT2D eigenvalue weighted by Gasteiger charge is -2.34. The van der Waals surface area contributed by atoms with Crippen LogP contribution in [0.5, 0.6) is 0 Å². The van der Waals surface area contributed by atoms with Crippen molar-refractivity contribution < 1.29 is 13.2 Å². The number of hydrogen-bond donors (Lipinski definition) is 0. The summed E-state index contributed by atoms with van der Waals surface area (Å²) in [6.07, 6.45) is 4.18. The number of aromatic nitrogens is 2. The van der Waals surface area contributed by atoms with Crippen molar-refractivity contribution in [3.8, 4) is 0 Å². The van der Waals surface area contributed by atoms with Crippen molar-refractivity contribution in [2.45, 2.75) is 30.6 Å². The van der Waals surface area contributed by atoms with Crippen LogP contribution in [-0.2, 0) is 29.9 Å². The molecule has 0 atom stereocenters. The molecule has 1 fully saturated rings. The third-order valence-corrected chi connectivity index (χ3v) is 7.56. The number of benzene rings is 1. The molecule has 0 saturated carbocycles. The highest BCUT2D eigenvalue weighted by atomic mass is 32.2. The number of piperazine rings is 1. The predicted octanol–water partition coefficient (Wildman–Crippen LogP) is 0.806. The van der Waals surface area contributed by atoms with E-state index >= 15 is 0 Å². The Hall–Kier alpha value is -2.52. The van der Waals surface area contributed by atoms with E-state index < -0.39 is 10.0 Å². The van der Waals surface area contributed by atoms with Crippen molar-refractivity contribution in [1.82, 2.24) is 19.0 Å². The van der Waals surface area contributed by atoms with Gasteiger partial charge in [-0.25, -0.2) is 13.1 Å². The van der Waals surface area contributed by atoms with Crippen molar-refractivity contribution in [3.05, 3.63) is 57.5 Å². The second-order valence-corrected chi connectivity index (χ2v) is 9.45. The van der Waals surface area contributed by atoms with Crippen LogP contribution in [0.4, 0.5) is 0 Å². The molecule has 29 heavy (non-hydrogen) atoms. The summed E-state index contributed by atoms with van der Waals surface area (Å²) in [4.78, 5) is 26.0. The van der Waals surface area contributed by atoms with E-state index in [0.29, 0.717) is 4.90 Å². The molecule has 2 aliphatic rings. The molecule has 0 spiro atoms. The van der Waals surface area contributed by atoms with Gasteiger partial charge >= 0.3 is 0 Å². The molecule has 9 heteroatoms. The Kier molecular flexibility index (Phi) is 5.26. The normalized spacial score (nSPS) is 17.8. The monoisotopic (exact) mass is 416 g/mol. The Balaban J connectivity index is 1.46. The Morgan fingerprint density at radius 3 is 2.34 bits per heavy atom. The van der Waals surface area contributed by atoms with Crippen LogP contribution in [0.25, 0.3) is 0 Å². The molecule has 1 aromatic carbocycles. The van der Waals surface area contributed by atoms with Crippen LogP contribution in [0, 0.1) is 0 Å². The van der Waals surface area contributed by atoms with Crippen LogP contribution in [0.15, 0.2) is 40.0 Å². The molecule has 1 aliphatic heterocycles. The Morgan fingerprint density at radius 2 is 1.66 bits per heavy atom. The molecule has 8 nitrogen and oxygen atoms in total. The zero-order valence-corrected chi connectivity index (χ0v) is 17.2. The first-order chi connectivity index (χ1) is 13.9. The summed E-state index contributed by atoms with van der Waals surface area (Å²) in [5, 5.41) is 3.99. The molecule has 1 amide bonds. The maximum Gasteiger partial charge on any atom is 0.274 e. The maximum atomic E-state index is 13.1. The summed E-state index contributed by atoms with van der Waals surface area (Å²) < 4.78 is 28.7. The molecular weight excluding hydrogens is 392 g/mol. The van der Waals surface area contributed by atoms with Crippen molar-refractivity contribution in [2.75, 3.05) is 26.2 Å². The number of nitrogens with zero attached hydrogens (tertiary/aromatic N) is 4. The van der Waals surface area contributed by atoms with E-state index in [1.807, 2.05) is 12.1 Å². The molecule has 1 aliphatic carbocycles. The fraction of sp³-hybridized carbons (Fsp3) is 0.450. The predicted molar refractivity (Wildman–Crippen MR) is 107 cm³/mol. The van der Waals surface area contributed by atoms with Gasteiger partial charge in [0.1, 0.15) is 5.69 Å². The quantitative estimate of drug-likeness (QED) is 0.738. The van der Waals surface area contributed by atoms with Crippen molar-refractivity contribution in [1.29, 1.82) is 0 Å². The fourth-order valence-electron chi connectivity index (χ4n) is 3.93. The fourth-order valence-corrected chi connectivity index (χ4v) is 5.40. The summed E-state index contributed by atoms with van der Waals surface area (Å²) >= 11 is 0. The van der Waals surface area contributed by atoms with Gasteiger partial charge in [-0.05, 0) is 55.0 Å². The number of carbonyl (C=O) groups excluding carboxylic acids is 1. The molecule has 0 radical (unpaired) electrons. The van der Waals surface area contributed by atoms with Gasteiger partial charge < -0.3 is 4.90 Å². The summed E-state index contributed by atoms with van der Waals surface area (Å²) in [6.45, 7) is 1.04. The lowest BCUT2D eigenvalue weighted by atomic mass is 9.92. The van der Waals surface area contributed by atoms with Crippen molar-refractivity contribution in [2.24, 2.45) is 7.05 Å². The van der Waals surface area contributed by atoms with Crippen LogP contribution >= 0.6 is 0 Å². The minimum Gasteiger partial charge on any atom is -0.335 e. The minimum absolute atomic E-state index is 0.179. The largest absolute Gasteiger partial charge is 0.335 e. The molecule has 2 aromatic rings. The highest BCUT2D eigenvalue weighted by Gasteiger charge is 2.31. The Morgan fingerprint density at radius 1 is 0.966 bits per heavy atom. The molecule has 0 unspecified atom stereocenters. The van der Waals surface area contributed by atoms with E-state index in [1.54, 1.807) is 11.0 Å². The number of sulfonamides is 1. The second-order valence-electron chi connectivity index (χ2n) is 7.51. The van der Waals surface area contributed by atoms with E-state index in [4.69, 9.17) is 0 Å². The molecule has 0 bridgehead atoms. The molecule has 0 N–H and O–H groups in total. The minimum atomic E-state index is -3.59. The van der Waals surface area contributed by atoms with Gasteiger partial charge in [-0.15, -0.1) is 0 Å². The standard InChI is InChI=1S/C20H24N4O4S/c1-22-19(25)9-8-18(21-22)20(26)23-10-12-24(13-11-23)29(27,28)17-7-6-15-4-2-3-5-16(15)14-17/h6-9,14H,2-5,10-13H2,1H3. The average Bonchev–Trinajstić information content (AvgIpc) is 2.75. The van der Waals surface area contributed by atoms with E-state index in [-0.39, 0.29) is 43.3 Å². The highest BCUT2D eigenvalue weighted by molar-refractivity contribution is 7.89. The highest BCUT2D eigenvalue weighted by Crippen LogP contribution is 2.26. The summed E-state index contributed by atoms with van der Waals surface area (Å²) in [5.74, 6) is -0.300. The molecular formula is C20H24N4O4S. The first kappa shape index (κ1) is 19.8. The van der Waals surface area contributed by atoms with E-state index in [0.717, 1.165) is 35.9 Å². The second kappa shape index (κ2) is 7.72. The number of aryl methyl sites for hydroxylation is 3. The van der Waals surface area contributed by atoms with Gasteiger partial charge in [0.2, 0.25) is 10.0 Å². The van der Waals surface area contributed by atoms with Crippen LogP contribution in [0.2, 0.25) is 0 Å². The van der Waals surface area contributed by atoms with Crippen LogP contribution in [0.3, 0.4) is 0 Å². The van der Waals surface area contributed by atoms with Gasteiger partial charge in [-0.1, -0.05) is 6.07 Å². The van der Waals surface area contributed by atoms with Gasteiger partial charge in [0.15, 0.2) is 0 Å². The van der Waals surface area contributed by atoms with Gasteiger partial charge in [-0.3, -0.25) is 9.59 Å². The van der Waals surface area contributed by atoms with Gasteiger partial charge in [0.25, 0.3) is 11.5 Å². The summed E-state index contributed by atoms with van der Waals surface area (Å²) in [7, 11) is -2.10. The number of fused-ring (bicyclic) bond motifs is 1. The third kappa shape index (κ3) is 3.84. The van der Waals surface area contributed by atoms with Crippen molar-refractivity contribution in [3.63, 3.8) is 0 Å². The van der Waals surface area contributed by atoms with E-state index in [9.17, 15) is 18.0 Å². The Bertz CT molecular complexity index is 1100. The van der Waals surface area contributed by atoms with Crippen LogP contribution in [0.1, 0.15) is 34.5 Å². The number of hydrogen-bond acceptors (Lipinski definition) is 5. The van der Waals surface area contributed by atoms with Crippen LogP contribution in [-0.4, -0.2) is 59.5 Å². The number of rotatable bonds is 3. The SMILES string of the molecule is Cn1nc(C(=O)N2CCN(S(=O)(=O)c3ccc4c(c3)CCCC4)CC2)ccc1=O. The summed E-state index contributed by atoms with van der Waals surface area (Å²) in [6, 6.07) is 8.16. The smallest absolute Gasteiger partial charge is 0.274 e. The molecule has 4 rings (SSSR count). The van der Waals surface area contributed by atoms with Gasteiger partial charge in [0.05, 0.1) is 4.90 Å². The zero-order valence-electron chi connectivity index (χ0n) is 16.4. The lowest BCUT2D eigenvalue weighted by molar-refractivity contribution is 0.0689. The van der Waals surface area contributed by atoms with Crippen LogP contribution < -0.4 is 5.56 Å². The van der Waals surface area contributed by atoms with Gasteiger partial charge in [-0.2, -0.15) is 9.40 Å². The maximum absolute atomic E-state index is 13.1. The molecule has 1 saturated heterocycles. The average molecular weight is 417 g/mol. The number of carbonyl (C=O) groups is 1. The topological polar surface area (TPSA) is 92.6 Å². The first-order valence-corrected chi connectivity index (χ1v) is 11.3. The lowest BCUT2D eigenvalue weighted by Crippen LogP contribution is -2.50. The first-order valence-electron chi connectivity index (χ1n) is 9.82. The van der Waals surface area contributed by atoms with Crippen molar-refractivity contribution >= 4 is 15.9 Å². The van der Waals surface area contributed by atoms with E-state index in [1.165, 1.54) is 29.0 Å². The Labute approximate surface area is 169 Å². The van der Waals surface area contributed by atoms with E-state index in [2.05, 4.69) is 5.10 Å². The number of amides is 1. The third-order valence-electron chi connectivity index (χ3n) is 5.66. The molecule has 1 aromatic heterocycles.